The SMILES string of the molecule is NC(=S)Cc1nc2ccccc2n1CCC1CCCO1. The number of aromatic nitrogens is 2. The van der Waals surface area contributed by atoms with Crippen LogP contribution in [0.4, 0.5) is 0 Å². The van der Waals surface area contributed by atoms with Gasteiger partial charge in [0.25, 0.3) is 0 Å². The van der Waals surface area contributed by atoms with Crippen molar-refractivity contribution in [3.05, 3.63) is 30.1 Å². The first-order valence-electron chi connectivity index (χ1n) is 7.08. The molecule has 0 bridgehead atoms. The number of imidazole rings is 1. The molecule has 0 amide bonds. The average molecular weight is 289 g/mol. The Bertz CT molecular complexity index is 617. The molecule has 5 heteroatoms. The summed E-state index contributed by atoms with van der Waals surface area (Å²) in [4.78, 5) is 5.14. The van der Waals surface area contributed by atoms with E-state index in [1.165, 1.54) is 6.42 Å². The van der Waals surface area contributed by atoms with Gasteiger partial charge < -0.3 is 15.0 Å². The average Bonchev–Trinajstić information content (AvgIpc) is 3.03. The van der Waals surface area contributed by atoms with Crippen LogP contribution in [-0.2, 0) is 17.7 Å². The molecule has 20 heavy (non-hydrogen) atoms. The van der Waals surface area contributed by atoms with E-state index in [0.717, 1.165) is 42.9 Å². The van der Waals surface area contributed by atoms with Crippen LogP contribution in [0.25, 0.3) is 11.0 Å². The van der Waals surface area contributed by atoms with Gasteiger partial charge in [-0.3, -0.25) is 0 Å². The molecule has 4 nitrogen and oxygen atoms in total. The number of nitrogens with two attached hydrogens (primary N) is 1. The van der Waals surface area contributed by atoms with Crippen molar-refractivity contribution in [2.45, 2.75) is 38.3 Å². The molecule has 2 aromatic rings. The highest BCUT2D eigenvalue weighted by Crippen LogP contribution is 2.20. The van der Waals surface area contributed by atoms with E-state index in [1.54, 1.807) is 0 Å². The highest BCUT2D eigenvalue weighted by atomic mass is 32.1. The van der Waals surface area contributed by atoms with Crippen LogP contribution in [0.1, 0.15) is 25.1 Å². The van der Waals surface area contributed by atoms with E-state index in [4.69, 9.17) is 22.7 Å². The molecular weight excluding hydrogens is 270 g/mol. The lowest BCUT2D eigenvalue weighted by molar-refractivity contribution is 0.100. The highest BCUT2D eigenvalue weighted by Gasteiger charge is 2.17. The zero-order valence-electron chi connectivity index (χ0n) is 11.4. The summed E-state index contributed by atoms with van der Waals surface area (Å²) in [5.41, 5.74) is 7.84. The van der Waals surface area contributed by atoms with Crippen LogP contribution in [0.2, 0.25) is 0 Å². The topological polar surface area (TPSA) is 53.1 Å². The Morgan fingerprint density at radius 3 is 3.05 bits per heavy atom. The van der Waals surface area contributed by atoms with Crippen molar-refractivity contribution in [3.63, 3.8) is 0 Å². The van der Waals surface area contributed by atoms with Crippen LogP contribution < -0.4 is 5.73 Å². The minimum atomic E-state index is 0.383. The number of ether oxygens (including phenoxy) is 1. The number of para-hydroxylation sites is 2. The standard InChI is InChI=1S/C15H19N3OS/c16-14(20)10-15-17-12-5-1-2-6-13(12)18(15)8-7-11-4-3-9-19-11/h1-2,5-6,11H,3-4,7-10H2,(H2,16,20). The summed E-state index contributed by atoms with van der Waals surface area (Å²) < 4.78 is 7.93. The number of hydrogen-bond donors (Lipinski definition) is 1. The van der Waals surface area contributed by atoms with Gasteiger partial charge in [0.05, 0.1) is 28.5 Å². The smallest absolute Gasteiger partial charge is 0.116 e. The second-order valence-corrected chi connectivity index (χ2v) is 5.76. The van der Waals surface area contributed by atoms with Gasteiger partial charge in [0.1, 0.15) is 5.82 Å². The number of nitrogens with zero attached hydrogens (tertiary/aromatic N) is 2. The molecule has 106 valence electrons. The first-order valence-corrected chi connectivity index (χ1v) is 7.49. The Balaban J connectivity index is 1.86. The van der Waals surface area contributed by atoms with Gasteiger partial charge in [0.15, 0.2) is 0 Å². The summed E-state index contributed by atoms with van der Waals surface area (Å²) in [5.74, 6) is 0.955. The van der Waals surface area contributed by atoms with Gasteiger partial charge in [-0.15, -0.1) is 0 Å². The summed E-state index contributed by atoms with van der Waals surface area (Å²) in [5, 5.41) is 0. The molecule has 0 saturated carbocycles. The molecule has 1 aromatic heterocycles. The minimum Gasteiger partial charge on any atom is -0.393 e. The third-order valence-corrected chi connectivity index (χ3v) is 3.91. The van der Waals surface area contributed by atoms with Gasteiger partial charge in [-0.25, -0.2) is 4.98 Å². The molecular formula is C15H19N3OS. The van der Waals surface area contributed by atoms with Crippen LogP contribution in [0.3, 0.4) is 0 Å². The maximum Gasteiger partial charge on any atom is 0.116 e. The Morgan fingerprint density at radius 1 is 1.45 bits per heavy atom. The zero-order chi connectivity index (χ0) is 13.9. The Morgan fingerprint density at radius 2 is 2.30 bits per heavy atom. The quantitative estimate of drug-likeness (QED) is 0.859. The van der Waals surface area contributed by atoms with Gasteiger partial charge in [-0.1, -0.05) is 24.4 Å². The van der Waals surface area contributed by atoms with Crippen LogP contribution >= 0.6 is 12.2 Å². The van der Waals surface area contributed by atoms with E-state index >= 15 is 0 Å². The Labute approximate surface area is 123 Å². The largest absolute Gasteiger partial charge is 0.393 e. The minimum absolute atomic E-state index is 0.383. The van der Waals surface area contributed by atoms with Crippen LogP contribution in [0, 0.1) is 0 Å². The molecule has 2 heterocycles. The molecule has 1 aliphatic rings. The zero-order valence-corrected chi connectivity index (χ0v) is 12.2. The van der Waals surface area contributed by atoms with Gasteiger partial charge in [-0.05, 0) is 31.4 Å². The fourth-order valence-corrected chi connectivity index (χ4v) is 2.94. The molecule has 1 aliphatic heterocycles. The molecule has 1 fully saturated rings. The lowest BCUT2D eigenvalue weighted by Crippen LogP contribution is -2.17. The number of rotatable bonds is 5. The fraction of sp³-hybridized carbons (Fsp3) is 0.467. The van der Waals surface area contributed by atoms with Crippen LogP contribution in [0.15, 0.2) is 24.3 Å². The summed E-state index contributed by atoms with van der Waals surface area (Å²) in [6.45, 7) is 1.80. The predicted octanol–water partition coefficient (Wildman–Crippen LogP) is 2.43. The molecule has 0 aliphatic carbocycles. The van der Waals surface area contributed by atoms with Crippen molar-refractivity contribution in [1.82, 2.24) is 9.55 Å². The second-order valence-electron chi connectivity index (χ2n) is 5.24. The van der Waals surface area contributed by atoms with Crippen molar-refractivity contribution in [2.75, 3.05) is 6.61 Å². The molecule has 1 unspecified atom stereocenters. The van der Waals surface area contributed by atoms with E-state index < -0.39 is 0 Å². The Hall–Kier alpha value is -1.46. The van der Waals surface area contributed by atoms with Crippen molar-refractivity contribution in [1.29, 1.82) is 0 Å². The maximum atomic E-state index is 5.70. The van der Waals surface area contributed by atoms with Crippen molar-refractivity contribution >= 4 is 28.2 Å². The first-order chi connectivity index (χ1) is 9.74. The van der Waals surface area contributed by atoms with Crippen molar-refractivity contribution in [3.8, 4) is 0 Å². The number of fused-ring (bicyclic) bond motifs is 1. The fourth-order valence-electron chi connectivity index (χ4n) is 2.81. The summed E-state index contributed by atoms with van der Waals surface area (Å²) in [6.07, 6.45) is 4.29. The second kappa shape index (κ2) is 5.89. The van der Waals surface area contributed by atoms with E-state index in [9.17, 15) is 0 Å². The molecule has 1 saturated heterocycles. The van der Waals surface area contributed by atoms with Gasteiger partial charge in [0, 0.05) is 13.2 Å². The molecule has 2 N–H and O–H groups in total. The highest BCUT2D eigenvalue weighted by molar-refractivity contribution is 7.80. The third-order valence-electron chi connectivity index (χ3n) is 3.76. The first kappa shape index (κ1) is 13.5. The van der Waals surface area contributed by atoms with Gasteiger partial charge in [0.2, 0.25) is 0 Å². The maximum absolute atomic E-state index is 5.70. The Kier molecular flexibility index (Phi) is 3.98. The van der Waals surface area contributed by atoms with E-state index in [-0.39, 0.29) is 0 Å². The number of benzene rings is 1. The molecule has 3 rings (SSSR count). The van der Waals surface area contributed by atoms with E-state index in [1.807, 2.05) is 18.2 Å². The van der Waals surface area contributed by atoms with Crippen LogP contribution in [-0.4, -0.2) is 27.3 Å². The predicted molar refractivity (Wildman–Crippen MR) is 83.8 cm³/mol. The molecule has 1 aromatic carbocycles. The third kappa shape index (κ3) is 2.83. The van der Waals surface area contributed by atoms with Gasteiger partial charge >= 0.3 is 0 Å². The van der Waals surface area contributed by atoms with Crippen molar-refractivity contribution in [2.24, 2.45) is 5.73 Å². The summed E-state index contributed by atoms with van der Waals surface area (Å²) in [7, 11) is 0. The lowest BCUT2D eigenvalue weighted by Gasteiger charge is -2.12. The van der Waals surface area contributed by atoms with Gasteiger partial charge in [-0.2, -0.15) is 0 Å². The monoisotopic (exact) mass is 289 g/mol. The normalized spacial score (nSPS) is 18.7. The number of hydrogen-bond acceptors (Lipinski definition) is 3. The lowest BCUT2D eigenvalue weighted by atomic mass is 10.2. The molecule has 1 atom stereocenters. The molecule has 0 radical (unpaired) electrons. The molecule has 0 spiro atoms. The van der Waals surface area contributed by atoms with Crippen molar-refractivity contribution < 1.29 is 4.74 Å². The summed E-state index contributed by atoms with van der Waals surface area (Å²) in [6, 6.07) is 8.17. The number of aryl methyl sites for hydroxylation is 1. The number of thiocarbonyl (C=S) groups is 1. The summed E-state index contributed by atoms with van der Waals surface area (Å²) >= 11 is 5.03. The van der Waals surface area contributed by atoms with E-state index in [2.05, 4.69) is 15.6 Å². The van der Waals surface area contributed by atoms with E-state index in [0.29, 0.717) is 17.5 Å². The van der Waals surface area contributed by atoms with Crippen LogP contribution in [0.5, 0.6) is 0 Å².